The van der Waals surface area contributed by atoms with Crippen LogP contribution in [0.25, 0.3) is 0 Å². The van der Waals surface area contributed by atoms with Crippen LogP contribution in [-0.2, 0) is 4.79 Å². The molecule has 126 valence electrons. The lowest BCUT2D eigenvalue weighted by atomic mass is 10.1. The summed E-state index contributed by atoms with van der Waals surface area (Å²) >= 11 is 0. The van der Waals surface area contributed by atoms with Crippen LogP contribution in [0, 0.1) is 0 Å². The molecule has 1 aliphatic heterocycles. The molecule has 1 aromatic carbocycles. The van der Waals surface area contributed by atoms with Crippen molar-refractivity contribution < 1.29 is 19.1 Å². The second-order valence-electron chi connectivity index (χ2n) is 5.66. The van der Waals surface area contributed by atoms with Crippen molar-refractivity contribution in [2.45, 2.75) is 39.5 Å². The van der Waals surface area contributed by atoms with Gasteiger partial charge in [0.25, 0.3) is 0 Å². The summed E-state index contributed by atoms with van der Waals surface area (Å²) in [5, 5.41) is 0. The van der Waals surface area contributed by atoms with Gasteiger partial charge in [-0.2, -0.15) is 0 Å². The van der Waals surface area contributed by atoms with Crippen LogP contribution < -0.4 is 9.47 Å². The molecule has 0 radical (unpaired) electrons. The largest absolute Gasteiger partial charge is 0.486 e. The van der Waals surface area contributed by atoms with Gasteiger partial charge in [-0.3, -0.25) is 9.59 Å². The zero-order valence-corrected chi connectivity index (χ0v) is 14.0. The molecule has 0 unspecified atom stereocenters. The normalized spacial score (nSPS) is 12.8. The fraction of sp³-hybridized carbons (Fsp3) is 0.556. The standard InChI is InChI=1S/C18H25NO4/c1-3-9-19(10-4-2)18(21)8-6-15(20)14-5-7-16-17(13-14)23-12-11-22-16/h5,7,13H,3-4,6,8-12H2,1-2H3. The Bertz CT molecular complexity index is 550. The molecule has 0 saturated carbocycles. The van der Waals surface area contributed by atoms with Gasteiger partial charge >= 0.3 is 0 Å². The van der Waals surface area contributed by atoms with Gasteiger partial charge in [0.05, 0.1) is 0 Å². The molecular formula is C18H25NO4. The van der Waals surface area contributed by atoms with E-state index in [-0.39, 0.29) is 24.5 Å². The monoisotopic (exact) mass is 319 g/mol. The molecular weight excluding hydrogens is 294 g/mol. The molecule has 0 fully saturated rings. The smallest absolute Gasteiger partial charge is 0.223 e. The molecule has 0 N–H and O–H groups in total. The van der Waals surface area contributed by atoms with Crippen molar-refractivity contribution in [3.8, 4) is 11.5 Å². The Balaban J connectivity index is 1.92. The Morgan fingerprint density at radius 1 is 1.00 bits per heavy atom. The summed E-state index contributed by atoms with van der Waals surface area (Å²) in [7, 11) is 0. The molecule has 1 heterocycles. The van der Waals surface area contributed by atoms with Crippen LogP contribution in [0.3, 0.4) is 0 Å². The first-order chi connectivity index (χ1) is 11.2. The number of ketones is 1. The minimum Gasteiger partial charge on any atom is -0.486 e. The molecule has 0 spiro atoms. The van der Waals surface area contributed by atoms with Crippen molar-refractivity contribution in [1.82, 2.24) is 4.90 Å². The molecule has 0 bridgehead atoms. The minimum atomic E-state index is -0.0386. The van der Waals surface area contributed by atoms with Crippen molar-refractivity contribution in [2.24, 2.45) is 0 Å². The molecule has 1 amide bonds. The predicted molar refractivity (Wildman–Crippen MR) is 88.2 cm³/mol. The minimum absolute atomic E-state index is 0.0386. The summed E-state index contributed by atoms with van der Waals surface area (Å²) in [6, 6.07) is 5.19. The van der Waals surface area contributed by atoms with E-state index in [1.165, 1.54) is 0 Å². The molecule has 0 aliphatic carbocycles. The first-order valence-electron chi connectivity index (χ1n) is 8.36. The maximum atomic E-state index is 12.3. The van der Waals surface area contributed by atoms with Crippen LogP contribution in [0.1, 0.15) is 49.9 Å². The van der Waals surface area contributed by atoms with E-state index in [0.717, 1.165) is 25.9 Å². The maximum Gasteiger partial charge on any atom is 0.223 e. The lowest BCUT2D eigenvalue weighted by Gasteiger charge is -2.21. The fourth-order valence-corrected chi connectivity index (χ4v) is 2.64. The van der Waals surface area contributed by atoms with E-state index in [1.54, 1.807) is 18.2 Å². The lowest BCUT2D eigenvalue weighted by Crippen LogP contribution is -2.32. The van der Waals surface area contributed by atoms with Gasteiger partial charge in [-0.15, -0.1) is 0 Å². The molecule has 5 nitrogen and oxygen atoms in total. The van der Waals surface area contributed by atoms with E-state index >= 15 is 0 Å². The van der Waals surface area contributed by atoms with E-state index in [2.05, 4.69) is 13.8 Å². The third-order valence-electron chi connectivity index (χ3n) is 3.77. The van der Waals surface area contributed by atoms with Crippen molar-refractivity contribution >= 4 is 11.7 Å². The van der Waals surface area contributed by atoms with Crippen LogP contribution in [0.15, 0.2) is 18.2 Å². The molecule has 2 rings (SSSR count). The van der Waals surface area contributed by atoms with Gasteiger partial charge in [-0.1, -0.05) is 13.8 Å². The second kappa shape index (κ2) is 8.56. The van der Waals surface area contributed by atoms with E-state index in [9.17, 15) is 9.59 Å². The quantitative estimate of drug-likeness (QED) is 0.691. The molecule has 1 aliphatic rings. The number of fused-ring (bicyclic) bond motifs is 1. The average molecular weight is 319 g/mol. The third kappa shape index (κ3) is 4.71. The highest BCUT2D eigenvalue weighted by Crippen LogP contribution is 2.31. The first-order valence-corrected chi connectivity index (χ1v) is 8.36. The summed E-state index contributed by atoms with van der Waals surface area (Å²) < 4.78 is 10.9. The molecule has 23 heavy (non-hydrogen) atoms. The van der Waals surface area contributed by atoms with Gasteiger partial charge in [0, 0.05) is 31.5 Å². The summed E-state index contributed by atoms with van der Waals surface area (Å²) in [5.41, 5.74) is 0.569. The number of hydrogen-bond acceptors (Lipinski definition) is 4. The summed E-state index contributed by atoms with van der Waals surface area (Å²) in [6.07, 6.45) is 2.35. The van der Waals surface area contributed by atoms with Gasteiger partial charge in [-0.25, -0.2) is 0 Å². The lowest BCUT2D eigenvalue weighted by molar-refractivity contribution is -0.131. The summed E-state index contributed by atoms with van der Waals surface area (Å²) in [5.74, 6) is 1.29. The molecule has 0 saturated heterocycles. The highest BCUT2D eigenvalue weighted by molar-refractivity contribution is 5.98. The summed E-state index contributed by atoms with van der Waals surface area (Å²) in [6.45, 7) is 6.63. The number of carbonyl (C=O) groups excluding carboxylic acids is 2. The Hall–Kier alpha value is -2.04. The zero-order valence-electron chi connectivity index (χ0n) is 14.0. The highest BCUT2D eigenvalue weighted by atomic mass is 16.6. The average Bonchev–Trinajstić information content (AvgIpc) is 2.58. The number of hydrogen-bond donors (Lipinski definition) is 0. The van der Waals surface area contributed by atoms with Crippen LogP contribution >= 0.6 is 0 Å². The van der Waals surface area contributed by atoms with E-state index in [0.29, 0.717) is 30.3 Å². The topological polar surface area (TPSA) is 55.8 Å². The Morgan fingerprint density at radius 3 is 2.30 bits per heavy atom. The van der Waals surface area contributed by atoms with E-state index < -0.39 is 0 Å². The van der Waals surface area contributed by atoms with Gasteiger partial charge in [0.15, 0.2) is 17.3 Å². The van der Waals surface area contributed by atoms with E-state index in [4.69, 9.17) is 9.47 Å². The van der Waals surface area contributed by atoms with Gasteiger partial charge < -0.3 is 14.4 Å². The fourth-order valence-electron chi connectivity index (χ4n) is 2.64. The number of carbonyl (C=O) groups is 2. The van der Waals surface area contributed by atoms with Gasteiger partial charge in [-0.05, 0) is 31.0 Å². The van der Waals surface area contributed by atoms with Crippen LogP contribution in [0.2, 0.25) is 0 Å². The van der Waals surface area contributed by atoms with Gasteiger partial charge in [0.1, 0.15) is 13.2 Å². The number of Topliss-reactive ketones (excluding diaryl/α,β-unsaturated/α-hetero) is 1. The van der Waals surface area contributed by atoms with Crippen LogP contribution in [0.5, 0.6) is 11.5 Å². The highest BCUT2D eigenvalue weighted by Gasteiger charge is 2.17. The Kier molecular flexibility index (Phi) is 6.44. The molecule has 1 aromatic rings. The summed E-state index contributed by atoms with van der Waals surface area (Å²) in [4.78, 5) is 26.4. The number of ether oxygens (including phenoxy) is 2. The van der Waals surface area contributed by atoms with Crippen LogP contribution in [-0.4, -0.2) is 42.9 Å². The van der Waals surface area contributed by atoms with Crippen molar-refractivity contribution in [3.05, 3.63) is 23.8 Å². The Morgan fingerprint density at radius 2 is 1.65 bits per heavy atom. The van der Waals surface area contributed by atoms with Crippen molar-refractivity contribution in [3.63, 3.8) is 0 Å². The number of benzene rings is 1. The van der Waals surface area contributed by atoms with Gasteiger partial charge in [0.2, 0.25) is 5.91 Å². The van der Waals surface area contributed by atoms with E-state index in [1.807, 2.05) is 4.90 Å². The number of amides is 1. The number of rotatable bonds is 8. The predicted octanol–water partition coefficient (Wildman–Crippen LogP) is 3.07. The SMILES string of the molecule is CCCN(CCC)C(=O)CCC(=O)c1ccc2c(c1)OCCO2. The third-order valence-corrected chi connectivity index (χ3v) is 3.77. The van der Waals surface area contributed by atoms with Crippen molar-refractivity contribution in [1.29, 1.82) is 0 Å². The number of nitrogens with zero attached hydrogens (tertiary/aromatic N) is 1. The molecule has 0 aromatic heterocycles. The first kappa shape index (κ1) is 17.3. The Labute approximate surface area is 137 Å². The van der Waals surface area contributed by atoms with Crippen LogP contribution in [0.4, 0.5) is 0 Å². The molecule has 0 atom stereocenters. The maximum absolute atomic E-state index is 12.3. The zero-order chi connectivity index (χ0) is 16.7. The molecule has 5 heteroatoms. The second-order valence-corrected chi connectivity index (χ2v) is 5.66. The van der Waals surface area contributed by atoms with Crippen molar-refractivity contribution in [2.75, 3.05) is 26.3 Å².